The molecule has 2 heterocycles. The maximum absolute atomic E-state index is 13.1. The van der Waals surface area contributed by atoms with Gasteiger partial charge in [-0.25, -0.2) is 4.79 Å². The molecule has 2 aliphatic heterocycles. The second-order valence-electron chi connectivity index (χ2n) is 20.5. The highest BCUT2D eigenvalue weighted by molar-refractivity contribution is 6.74. The lowest BCUT2D eigenvalue weighted by atomic mass is 9.99. The zero-order chi connectivity index (χ0) is 48.8. The van der Waals surface area contributed by atoms with Crippen molar-refractivity contribution >= 4 is 20.2 Å². The summed E-state index contributed by atoms with van der Waals surface area (Å²) < 4.78 is 59.5. The smallest absolute Gasteiger partial charge is 0.412 e. The fourth-order valence-electron chi connectivity index (χ4n) is 7.24. The molecular weight excluding hydrogens is 847 g/mol. The number of allylic oxidation sites excluding steroid dienone is 1. The third-order valence-corrected chi connectivity index (χ3v) is 17.0. The second-order valence-corrected chi connectivity index (χ2v) is 25.3. The summed E-state index contributed by atoms with van der Waals surface area (Å²) in [5, 5.41) is 0.146. The highest BCUT2D eigenvalue weighted by atomic mass is 28.4. The second kappa shape index (κ2) is 28.2. The first kappa shape index (κ1) is 58.8. The highest BCUT2D eigenvalue weighted by Crippen LogP contribution is 2.41. The number of nitrogens with zero attached hydrogens (tertiary/aromatic N) is 1. The molecule has 14 heteroatoms. The summed E-state index contributed by atoms with van der Waals surface area (Å²) >= 11 is 0. The minimum atomic E-state index is -1.84. The van der Waals surface area contributed by atoms with Crippen LogP contribution in [0, 0.1) is 23.7 Å². The molecule has 2 rings (SSSR count). The van der Waals surface area contributed by atoms with Crippen molar-refractivity contribution in [3.8, 4) is 23.7 Å². The molecule has 0 aliphatic carbocycles. The first-order valence-electron chi connectivity index (χ1n) is 24.1. The lowest BCUT2D eigenvalue weighted by Gasteiger charge is -2.52. The quantitative estimate of drug-likeness (QED) is 0.0256. The monoisotopic (exact) mass is 936 g/mol. The van der Waals surface area contributed by atoms with Gasteiger partial charge in [0.1, 0.15) is 43.0 Å². The Morgan fingerprint density at radius 2 is 1.38 bits per heavy atom. The van der Waals surface area contributed by atoms with Crippen molar-refractivity contribution in [1.29, 1.82) is 0 Å². The van der Waals surface area contributed by atoms with Crippen LogP contribution in [-0.4, -0.2) is 127 Å². The van der Waals surface area contributed by atoms with E-state index in [4.69, 9.17) is 47.1 Å². The number of amides is 1. The average molecular weight is 936 g/mol. The number of carbonyl (C=O) groups is 2. The van der Waals surface area contributed by atoms with E-state index in [1.54, 1.807) is 38.0 Å². The molecule has 6 atom stereocenters. The van der Waals surface area contributed by atoms with Crippen LogP contribution in [0.3, 0.4) is 0 Å². The fourth-order valence-corrected chi connectivity index (χ4v) is 8.33. The van der Waals surface area contributed by atoms with Gasteiger partial charge in [-0.15, -0.1) is 11.8 Å². The van der Waals surface area contributed by atoms with Gasteiger partial charge in [-0.05, 0) is 98.0 Å². The van der Waals surface area contributed by atoms with Gasteiger partial charge in [0.2, 0.25) is 11.6 Å². The van der Waals surface area contributed by atoms with E-state index < -0.39 is 55.6 Å². The molecule has 0 aromatic carbocycles. The van der Waals surface area contributed by atoms with Crippen LogP contribution in [0.25, 0.3) is 0 Å². The molecule has 0 bridgehead atoms. The van der Waals surface area contributed by atoms with E-state index in [2.05, 4.69) is 57.5 Å². The van der Waals surface area contributed by atoms with Crippen molar-refractivity contribution in [2.24, 2.45) is 0 Å². The molecule has 0 saturated carbocycles. The van der Waals surface area contributed by atoms with Gasteiger partial charge >= 0.3 is 6.09 Å². The SMILES string of the molecule is COCO[C@H](C#CCCCO[Si](C)(C)C(C)(C)C)[C@@H]1O[C@@](C)(OC)[C@](C)(OC)O[C@@H]1/C=C/C(=O)CCCCCCCCCCCCC#CCOC[C@H]1COC(C)(C)N1C(=O)OC(C)(C)C. The van der Waals surface area contributed by atoms with E-state index in [0.717, 1.165) is 38.5 Å². The number of rotatable bonds is 27. The predicted octanol–water partition coefficient (Wildman–Crippen LogP) is 10.5. The minimum Gasteiger partial charge on any atom is -0.444 e. The predicted molar refractivity (Wildman–Crippen MR) is 258 cm³/mol. The molecule has 0 aromatic rings. The van der Waals surface area contributed by atoms with Crippen molar-refractivity contribution in [3.05, 3.63) is 12.2 Å². The molecule has 2 saturated heterocycles. The van der Waals surface area contributed by atoms with Crippen molar-refractivity contribution in [3.63, 3.8) is 0 Å². The van der Waals surface area contributed by atoms with Crippen LogP contribution in [-0.2, 0) is 51.9 Å². The fraction of sp³-hybridized carbons (Fsp3) is 0.843. The Morgan fingerprint density at radius 1 is 0.800 bits per heavy atom. The van der Waals surface area contributed by atoms with Gasteiger partial charge in [0.05, 0.1) is 19.3 Å². The summed E-state index contributed by atoms with van der Waals surface area (Å²) in [7, 11) is 2.79. The van der Waals surface area contributed by atoms with Crippen LogP contribution in [0.1, 0.15) is 159 Å². The Bertz CT molecular complexity index is 1570. The van der Waals surface area contributed by atoms with Gasteiger partial charge in [-0.2, -0.15) is 0 Å². The molecule has 2 aliphatic rings. The number of carbonyl (C=O) groups excluding carboxylic acids is 2. The van der Waals surface area contributed by atoms with Crippen molar-refractivity contribution in [2.75, 3.05) is 54.5 Å². The molecule has 2 fully saturated rings. The Balaban J connectivity index is 1.72. The van der Waals surface area contributed by atoms with Crippen LogP contribution in [0.5, 0.6) is 0 Å². The largest absolute Gasteiger partial charge is 0.444 e. The van der Waals surface area contributed by atoms with Gasteiger partial charge < -0.3 is 47.1 Å². The Labute approximate surface area is 395 Å². The van der Waals surface area contributed by atoms with E-state index in [0.29, 0.717) is 39.3 Å². The number of ketones is 1. The van der Waals surface area contributed by atoms with Crippen LogP contribution >= 0.6 is 0 Å². The van der Waals surface area contributed by atoms with Crippen LogP contribution in [0.4, 0.5) is 4.79 Å². The van der Waals surface area contributed by atoms with Crippen molar-refractivity contribution in [2.45, 2.75) is 225 Å². The number of methoxy groups -OCH3 is 3. The van der Waals surface area contributed by atoms with Crippen LogP contribution < -0.4 is 0 Å². The molecule has 374 valence electrons. The summed E-state index contributed by atoms with van der Waals surface area (Å²) in [5.74, 6) is 10.3. The van der Waals surface area contributed by atoms with Gasteiger partial charge in [-0.3, -0.25) is 9.69 Å². The molecular formula is C51H89NO12Si. The maximum atomic E-state index is 13.1. The third-order valence-electron chi connectivity index (χ3n) is 12.5. The zero-order valence-electron chi connectivity index (χ0n) is 43.2. The third kappa shape index (κ3) is 20.4. The average Bonchev–Trinajstić information content (AvgIpc) is 3.53. The lowest BCUT2D eigenvalue weighted by Crippen LogP contribution is -2.66. The Morgan fingerprint density at radius 3 is 1.97 bits per heavy atom. The first-order valence-corrected chi connectivity index (χ1v) is 27.0. The molecule has 65 heavy (non-hydrogen) atoms. The summed E-state index contributed by atoms with van der Waals surface area (Å²) in [6.45, 7) is 25.7. The van der Waals surface area contributed by atoms with Crippen LogP contribution in [0.15, 0.2) is 12.2 Å². The number of hydrogen-bond acceptors (Lipinski definition) is 12. The van der Waals surface area contributed by atoms with E-state index in [-0.39, 0.29) is 23.7 Å². The van der Waals surface area contributed by atoms with E-state index in [9.17, 15) is 9.59 Å². The van der Waals surface area contributed by atoms with E-state index in [1.165, 1.54) is 52.7 Å². The van der Waals surface area contributed by atoms with Gasteiger partial charge in [0.15, 0.2) is 14.1 Å². The maximum Gasteiger partial charge on any atom is 0.412 e. The molecule has 13 nitrogen and oxygen atoms in total. The number of ether oxygens (including phenoxy) is 9. The summed E-state index contributed by atoms with van der Waals surface area (Å²) in [5.41, 5.74) is -1.33. The van der Waals surface area contributed by atoms with Crippen LogP contribution in [0.2, 0.25) is 18.1 Å². The standard InChI is InChI=1S/C51H89NO12Si/c1-47(2,3)64-46(54)52-41(39-60-49(52,7)8)38-58-36-30-26-24-22-20-18-16-17-19-21-23-25-28-32-42(53)34-35-44-45(63-51(10,57-13)50(9,56-12)62-44)43(59-40-55-11)33-29-27-31-37-61-65(14,15)48(4,5)6/h34-35,41,43-45H,16-25,27-28,31-32,36-40H2,1-15H3/b35-34+/t41-,43+,44+,45-,50+,51+/m0/s1. The first-order chi connectivity index (χ1) is 30.5. The van der Waals surface area contributed by atoms with Gasteiger partial charge in [0, 0.05) is 47.2 Å². The molecule has 0 aromatic heterocycles. The molecule has 0 spiro atoms. The number of unbranched alkanes of at least 4 members (excludes halogenated alkanes) is 11. The summed E-state index contributed by atoms with van der Waals surface area (Å²) in [6.07, 6.45) is 14.7. The highest BCUT2D eigenvalue weighted by Gasteiger charge is 2.57. The van der Waals surface area contributed by atoms with E-state index >= 15 is 0 Å². The van der Waals surface area contributed by atoms with E-state index in [1.807, 2.05) is 34.6 Å². The van der Waals surface area contributed by atoms with Gasteiger partial charge in [0.25, 0.3) is 0 Å². The lowest BCUT2D eigenvalue weighted by molar-refractivity contribution is -0.447. The zero-order valence-corrected chi connectivity index (χ0v) is 44.2. The normalized spacial score (nSPS) is 24.0. The van der Waals surface area contributed by atoms with Crippen molar-refractivity contribution < 1.29 is 56.6 Å². The van der Waals surface area contributed by atoms with Crippen molar-refractivity contribution in [1.82, 2.24) is 4.90 Å². The molecule has 0 N–H and O–H groups in total. The minimum absolute atomic E-state index is 0.0000397. The summed E-state index contributed by atoms with van der Waals surface area (Å²) in [4.78, 5) is 27.5. The Kier molecular flexibility index (Phi) is 25.5. The number of hydrogen-bond donors (Lipinski definition) is 0. The Hall–Kier alpha value is -2.34. The molecule has 1 amide bonds. The summed E-state index contributed by atoms with van der Waals surface area (Å²) in [6, 6.07) is -0.210. The van der Waals surface area contributed by atoms with Gasteiger partial charge in [-0.1, -0.05) is 84.0 Å². The molecule has 0 unspecified atom stereocenters. The topological polar surface area (TPSA) is 130 Å². The molecule has 0 radical (unpaired) electrons.